The van der Waals surface area contributed by atoms with E-state index in [4.69, 9.17) is 9.47 Å². The molecule has 2 rings (SSSR count). The summed E-state index contributed by atoms with van der Waals surface area (Å²) in [4.78, 5) is 0. The Morgan fingerprint density at radius 2 is 2.00 bits per heavy atom. The molecule has 0 radical (unpaired) electrons. The Morgan fingerprint density at radius 3 is 2.56 bits per heavy atom. The molecule has 0 saturated heterocycles. The van der Waals surface area contributed by atoms with Crippen LogP contribution >= 0.6 is 0 Å². The Labute approximate surface area is 112 Å². The lowest BCUT2D eigenvalue weighted by Crippen LogP contribution is -2.30. The molecule has 18 heavy (non-hydrogen) atoms. The fourth-order valence-electron chi connectivity index (χ4n) is 3.03. The average molecular weight is 252 g/mol. The number of rotatable bonds is 7. The molecule has 0 spiro atoms. The molecule has 0 aromatic rings. The average Bonchev–Trinajstić information content (AvgIpc) is 2.87. The van der Waals surface area contributed by atoms with E-state index >= 15 is 0 Å². The summed E-state index contributed by atoms with van der Waals surface area (Å²) in [6.45, 7) is 10.2. The van der Waals surface area contributed by atoms with Crippen LogP contribution in [0.1, 0.15) is 47.0 Å². The summed E-state index contributed by atoms with van der Waals surface area (Å²) in [7, 11) is 0. The first-order valence-electron chi connectivity index (χ1n) is 7.40. The van der Waals surface area contributed by atoms with Crippen molar-refractivity contribution in [3.8, 4) is 0 Å². The zero-order valence-electron chi connectivity index (χ0n) is 12.3. The van der Waals surface area contributed by atoms with E-state index in [1.54, 1.807) is 0 Å². The highest BCUT2D eigenvalue weighted by Crippen LogP contribution is 2.43. The van der Waals surface area contributed by atoms with Crippen LogP contribution < -0.4 is 0 Å². The van der Waals surface area contributed by atoms with E-state index in [9.17, 15) is 0 Å². The van der Waals surface area contributed by atoms with Crippen LogP contribution in [-0.4, -0.2) is 24.9 Å². The lowest BCUT2D eigenvalue weighted by molar-refractivity contribution is -0.0626. The van der Waals surface area contributed by atoms with E-state index < -0.39 is 0 Å². The molecule has 0 heterocycles. The number of fused-ring (bicyclic) bond motifs is 2. The lowest BCUT2D eigenvalue weighted by atomic mass is 9.94. The van der Waals surface area contributed by atoms with Gasteiger partial charge in [-0.3, -0.25) is 0 Å². The van der Waals surface area contributed by atoms with Gasteiger partial charge in [-0.2, -0.15) is 0 Å². The van der Waals surface area contributed by atoms with Crippen molar-refractivity contribution in [2.75, 3.05) is 13.2 Å². The highest BCUT2D eigenvalue weighted by Gasteiger charge is 2.36. The molecule has 3 unspecified atom stereocenters. The highest BCUT2D eigenvalue weighted by molar-refractivity contribution is 5.10. The molecule has 0 aromatic heterocycles. The van der Waals surface area contributed by atoms with Gasteiger partial charge >= 0.3 is 0 Å². The van der Waals surface area contributed by atoms with Crippen LogP contribution in [0.15, 0.2) is 12.2 Å². The maximum Gasteiger partial charge on any atom is 0.0648 e. The van der Waals surface area contributed by atoms with E-state index in [2.05, 4.69) is 39.8 Å². The van der Waals surface area contributed by atoms with E-state index in [0.29, 0.717) is 6.10 Å². The van der Waals surface area contributed by atoms with Crippen molar-refractivity contribution in [3.63, 3.8) is 0 Å². The van der Waals surface area contributed by atoms with Crippen molar-refractivity contribution >= 4 is 0 Å². The Morgan fingerprint density at radius 1 is 1.22 bits per heavy atom. The molecule has 0 aliphatic heterocycles. The van der Waals surface area contributed by atoms with Gasteiger partial charge in [-0.15, -0.1) is 0 Å². The van der Waals surface area contributed by atoms with Crippen molar-refractivity contribution in [2.45, 2.75) is 58.7 Å². The predicted molar refractivity (Wildman–Crippen MR) is 74.6 cm³/mol. The first-order chi connectivity index (χ1) is 8.46. The smallest absolute Gasteiger partial charge is 0.0648 e. The summed E-state index contributed by atoms with van der Waals surface area (Å²) in [5, 5.41) is 0. The molecule has 1 fully saturated rings. The Kier molecular flexibility index (Phi) is 4.50. The topological polar surface area (TPSA) is 18.5 Å². The standard InChI is InChI=1S/C16H28O2/c1-12(2)17-8-7-16(3,4)18-11-15-10-13-5-6-14(15)9-13/h5-6,12-15H,7-11H2,1-4H3. The van der Waals surface area contributed by atoms with Gasteiger partial charge in [-0.25, -0.2) is 0 Å². The third-order valence-corrected chi connectivity index (χ3v) is 4.26. The molecule has 104 valence electrons. The second-order valence-corrected chi connectivity index (χ2v) is 6.78. The first kappa shape index (κ1) is 14.1. The molecule has 2 aliphatic carbocycles. The van der Waals surface area contributed by atoms with Crippen LogP contribution in [-0.2, 0) is 9.47 Å². The summed E-state index contributed by atoms with van der Waals surface area (Å²) in [6, 6.07) is 0. The van der Waals surface area contributed by atoms with Gasteiger partial charge in [0.05, 0.1) is 18.3 Å². The second kappa shape index (κ2) is 5.75. The first-order valence-corrected chi connectivity index (χ1v) is 7.40. The minimum absolute atomic E-state index is 0.0551. The molecule has 0 amide bonds. The van der Waals surface area contributed by atoms with Crippen LogP contribution in [0, 0.1) is 17.8 Å². The fraction of sp³-hybridized carbons (Fsp3) is 0.875. The molecule has 0 aromatic carbocycles. The van der Waals surface area contributed by atoms with E-state index in [1.807, 2.05) is 0 Å². The summed E-state index contributed by atoms with van der Waals surface area (Å²) < 4.78 is 11.7. The second-order valence-electron chi connectivity index (χ2n) is 6.78. The maximum atomic E-state index is 6.13. The quantitative estimate of drug-likeness (QED) is 0.641. The largest absolute Gasteiger partial charge is 0.379 e. The van der Waals surface area contributed by atoms with Crippen molar-refractivity contribution in [2.24, 2.45) is 17.8 Å². The van der Waals surface area contributed by atoms with Crippen molar-refractivity contribution in [1.82, 2.24) is 0 Å². The normalized spacial score (nSPS) is 30.6. The Bertz CT molecular complexity index is 293. The number of hydrogen-bond acceptors (Lipinski definition) is 2. The van der Waals surface area contributed by atoms with Crippen LogP contribution in [0.4, 0.5) is 0 Å². The van der Waals surface area contributed by atoms with Crippen molar-refractivity contribution < 1.29 is 9.47 Å². The van der Waals surface area contributed by atoms with Gasteiger partial charge in [0.2, 0.25) is 0 Å². The predicted octanol–water partition coefficient (Wildman–Crippen LogP) is 3.81. The number of ether oxygens (including phenoxy) is 2. The van der Waals surface area contributed by atoms with Crippen molar-refractivity contribution in [1.29, 1.82) is 0 Å². The maximum absolute atomic E-state index is 6.13. The van der Waals surface area contributed by atoms with E-state index in [0.717, 1.165) is 37.4 Å². The molecule has 2 heteroatoms. The third-order valence-electron chi connectivity index (χ3n) is 4.26. The molecule has 3 atom stereocenters. The molecule has 1 saturated carbocycles. The van der Waals surface area contributed by atoms with Gasteiger partial charge in [-0.05, 0) is 64.7 Å². The number of allylic oxidation sites excluding steroid dienone is 2. The van der Waals surface area contributed by atoms with E-state index in [1.165, 1.54) is 12.8 Å². The lowest BCUT2D eigenvalue weighted by Gasteiger charge is -2.29. The fourth-order valence-corrected chi connectivity index (χ4v) is 3.03. The van der Waals surface area contributed by atoms with Gasteiger partial charge in [0.25, 0.3) is 0 Å². The van der Waals surface area contributed by atoms with Crippen LogP contribution in [0.5, 0.6) is 0 Å². The van der Waals surface area contributed by atoms with Crippen LogP contribution in [0.25, 0.3) is 0 Å². The minimum Gasteiger partial charge on any atom is -0.379 e. The highest BCUT2D eigenvalue weighted by atomic mass is 16.5. The number of hydrogen-bond donors (Lipinski definition) is 0. The van der Waals surface area contributed by atoms with E-state index in [-0.39, 0.29) is 5.60 Å². The zero-order chi connectivity index (χ0) is 13.2. The van der Waals surface area contributed by atoms with Gasteiger partial charge in [-0.1, -0.05) is 12.2 Å². The molecule has 2 bridgehead atoms. The summed E-state index contributed by atoms with van der Waals surface area (Å²) >= 11 is 0. The minimum atomic E-state index is -0.0551. The molecule has 0 N–H and O–H groups in total. The molecular formula is C16H28O2. The van der Waals surface area contributed by atoms with Crippen LogP contribution in [0.2, 0.25) is 0 Å². The third kappa shape index (κ3) is 3.83. The SMILES string of the molecule is CC(C)OCCC(C)(C)OCC1CC2C=CC1C2. The Hall–Kier alpha value is -0.340. The van der Waals surface area contributed by atoms with Gasteiger partial charge in [0.1, 0.15) is 0 Å². The summed E-state index contributed by atoms with van der Waals surface area (Å²) in [5.41, 5.74) is -0.0551. The van der Waals surface area contributed by atoms with Gasteiger partial charge in [0.15, 0.2) is 0 Å². The summed E-state index contributed by atoms with van der Waals surface area (Å²) in [5.74, 6) is 2.39. The molecular weight excluding hydrogens is 224 g/mol. The monoisotopic (exact) mass is 252 g/mol. The Balaban J connectivity index is 1.67. The van der Waals surface area contributed by atoms with Crippen LogP contribution in [0.3, 0.4) is 0 Å². The zero-order valence-corrected chi connectivity index (χ0v) is 12.3. The molecule has 2 nitrogen and oxygen atoms in total. The van der Waals surface area contributed by atoms with Gasteiger partial charge in [0, 0.05) is 6.61 Å². The summed E-state index contributed by atoms with van der Waals surface area (Å²) in [6.07, 6.45) is 8.78. The molecule has 2 aliphatic rings. The van der Waals surface area contributed by atoms with Crippen molar-refractivity contribution in [3.05, 3.63) is 12.2 Å². The van der Waals surface area contributed by atoms with Gasteiger partial charge < -0.3 is 9.47 Å².